The van der Waals surface area contributed by atoms with Crippen LogP contribution in [0.25, 0.3) is 22.5 Å². The normalized spacial score (nSPS) is 11.0. The summed E-state index contributed by atoms with van der Waals surface area (Å²) in [6.45, 7) is 1.35. The minimum atomic E-state index is -0.204. The Morgan fingerprint density at radius 1 is 1.28 bits per heavy atom. The lowest BCUT2D eigenvalue weighted by Crippen LogP contribution is -2.25. The van der Waals surface area contributed by atoms with Crippen molar-refractivity contribution in [3.05, 3.63) is 60.7 Å². The molecule has 7 nitrogen and oxygen atoms in total. The molecule has 0 fully saturated rings. The maximum atomic E-state index is 12.2. The minimum Gasteiger partial charge on any atom is -0.463 e. The highest BCUT2D eigenvalue weighted by Crippen LogP contribution is 2.17. The molecular weight excluding hydrogens is 318 g/mol. The van der Waals surface area contributed by atoms with Gasteiger partial charge in [0.15, 0.2) is 11.5 Å². The number of amides is 1. The van der Waals surface area contributed by atoms with Crippen molar-refractivity contribution in [1.82, 2.24) is 25.1 Å². The first kappa shape index (κ1) is 15.2. The van der Waals surface area contributed by atoms with Crippen LogP contribution < -0.4 is 5.32 Å². The van der Waals surface area contributed by atoms with Crippen LogP contribution in [0.15, 0.2) is 59.5 Å². The predicted molar refractivity (Wildman–Crippen MR) is 93.0 cm³/mol. The summed E-state index contributed by atoms with van der Waals surface area (Å²) in [4.78, 5) is 16.5. The lowest BCUT2D eigenvalue weighted by Gasteiger charge is -2.05. The number of aromatic amines is 1. The van der Waals surface area contributed by atoms with Crippen LogP contribution in [0.2, 0.25) is 0 Å². The highest BCUT2D eigenvalue weighted by Gasteiger charge is 2.12. The van der Waals surface area contributed by atoms with E-state index in [0.717, 1.165) is 24.0 Å². The molecule has 0 aliphatic heterocycles. The Morgan fingerprint density at radius 2 is 2.24 bits per heavy atom. The SMILES string of the molecule is O=C(NCCCn1ccc2cccnc21)c1cc(-c2ccco2)[nH]n1. The van der Waals surface area contributed by atoms with Crippen molar-refractivity contribution >= 4 is 16.9 Å². The summed E-state index contributed by atoms with van der Waals surface area (Å²) >= 11 is 0. The molecule has 4 aromatic rings. The standard InChI is InChI=1S/C18H17N5O2/c24-18(15-12-14(21-22-15)16-5-2-11-25-16)20-8-3-9-23-10-6-13-4-1-7-19-17(13)23/h1-2,4-7,10-12H,3,8-9H2,(H,20,24)(H,21,22). The van der Waals surface area contributed by atoms with Crippen molar-refractivity contribution in [2.45, 2.75) is 13.0 Å². The number of nitrogens with zero attached hydrogens (tertiary/aromatic N) is 3. The number of rotatable bonds is 6. The van der Waals surface area contributed by atoms with E-state index in [9.17, 15) is 4.79 Å². The zero-order chi connectivity index (χ0) is 17.1. The van der Waals surface area contributed by atoms with Gasteiger partial charge in [0.05, 0.1) is 6.26 Å². The van der Waals surface area contributed by atoms with Crippen LogP contribution in [0.5, 0.6) is 0 Å². The third kappa shape index (κ3) is 3.16. The van der Waals surface area contributed by atoms with Gasteiger partial charge in [-0.3, -0.25) is 9.89 Å². The summed E-state index contributed by atoms with van der Waals surface area (Å²) in [5.74, 6) is 0.447. The Kier molecular flexibility index (Phi) is 4.04. The van der Waals surface area contributed by atoms with Crippen LogP contribution in [0.3, 0.4) is 0 Å². The Hall–Kier alpha value is -3.35. The van der Waals surface area contributed by atoms with Gasteiger partial charge in [-0.25, -0.2) is 4.98 Å². The Morgan fingerprint density at radius 3 is 3.12 bits per heavy atom. The van der Waals surface area contributed by atoms with E-state index in [-0.39, 0.29) is 5.91 Å². The highest BCUT2D eigenvalue weighted by molar-refractivity contribution is 5.93. The zero-order valence-corrected chi connectivity index (χ0v) is 13.5. The second kappa shape index (κ2) is 6.64. The molecule has 4 heterocycles. The average Bonchev–Trinajstić information content (AvgIpc) is 3.38. The largest absolute Gasteiger partial charge is 0.463 e. The fourth-order valence-electron chi connectivity index (χ4n) is 2.74. The number of aromatic nitrogens is 4. The van der Waals surface area contributed by atoms with Crippen LogP contribution in [0, 0.1) is 0 Å². The summed E-state index contributed by atoms with van der Waals surface area (Å²) in [6.07, 6.45) is 6.19. The molecule has 0 bridgehead atoms. The molecule has 0 atom stereocenters. The monoisotopic (exact) mass is 335 g/mol. The molecule has 0 spiro atoms. The number of nitrogens with one attached hydrogen (secondary N) is 2. The number of aryl methyl sites for hydroxylation is 1. The third-order valence-corrected chi connectivity index (χ3v) is 3.98. The van der Waals surface area contributed by atoms with Gasteiger partial charge >= 0.3 is 0 Å². The fourth-order valence-corrected chi connectivity index (χ4v) is 2.74. The lowest BCUT2D eigenvalue weighted by atomic mass is 10.3. The molecular formula is C18H17N5O2. The molecule has 0 saturated carbocycles. The van der Waals surface area contributed by atoms with Crippen LogP contribution in [-0.4, -0.2) is 32.2 Å². The van der Waals surface area contributed by atoms with Gasteiger partial charge in [0.25, 0.3) is 5.91 Å². The van der Waals surface area contributed by atoms with E-state index in [1.165, 1.54) is 0 Å². The van der Waals surface area contributed by atoms with Crippen molar-refractivity contribution in [3.63, 3.8) is 0 Å². The first-order valence-electron chi connectivity index (χ1n) is 8.08. The summed E-state index contributed by atoms with van der Waals surface area (Å²) in [5, 5.41) is 10.8. The summed E-state index contributed by atoms with van der Waals surface area (Å²) in [5.41, 5.74) is 1.99. The van der Waals surface area contributed by atoms with E-state index >= 15 is 0 Å². The van der Waals surface area contributed by atoms with Crippen molar-refractivity contribution < 1.29 is 9.21 Å². The minimum absolute atomic E-state index is 0.204. The maximum Gasteiger partial charge on any atom is 0.271 e. The Balaban J connectivity index is 1.30. The molecule has 0 aromatic carbocycles. The molecule has 1 amide bonds. The molecule has 0 aliphatic carbocycles. The fraction of sp³-hybridized carbons (Fsp3) is 0.167. The molecule has 0 radical (unpaired) electrons. The number of carbonyl (C=O) groups is 1. The Bertz CT molecular complexity index is 984. The smallest absolute Gasteiger partial charge is 0.271 e. The predicted octanol–water partition coefficient (Wildman–Crippen LogP) is 2.84. The average molecular weight is 335 g/mol. The van der Waals surface area contributed by atoms with Gasteiger partial charge in [-0.05, 0) is 36.8 Å². The Labute approximate surface area is 143 Å². The first-order chi connectivity index (χ1) is 12.3. The molecule has 0 saturated heterocycles. The number of hydrogen-bond acceptors (Lipinski definition) is 4. The number of carbonyl (C=O) groups excluding carboxylic acids is 1. The maximum absolute atomic E-state index is 12.2. The summed E-state index contributed by atoms with van der Waals surface area (Å²) < 4.78 is 7.36. The zero-order valence-electron chi connectivity index (χ0n) is 13.5. The van der Waals surface area contributed by atoms with Crippen molar-refractivity contribution in [2.24, 2.45) is 0 Å². The highest BCUT2D eigenvalue weighted by atomic mass is 16.3. The lowest BCUT2D eigenvalue weighted by molar-refractivity contribution is 0.0948. The van der Waals surface area contributed by atoms with Crippen LogP contribution in [0.4, 0.5) is 0 Å². The van der Waals surface area contributed by atoms with Gasteiger partial charge in [0.2, 0.25) is 0 Å². The quantitative estimate of drug-likeness (QED) is 0.530. The summed E-state index contributed by atoms with van der Waals surface area (Å²) in [7, 11) is 0. The second-order valence-corrected chi connectivity index (χ2v) is 5.68. The van der Waals surface area contributed by atoms with Gasteiger partial charge in [-0.15, -0.1) is 0 Å². The molecule has 4 rings (SSSR count). The number of H-pyrrole nitrogens is 1. The van der Waals surface area contributed by atoms with Gasteiger partial charge < -0.3 is 14.3 Å². The number of fused-ring (bicyclic) bond motifs is 1. The number of pyridine rings is 1. The van der Waals surface area contributed by atoms with E-state index in [1.54, 1.807) is 24.6 Å². The van der Waals surface area contributed by atoms with Gasteiger partial charge in [-0.1, -0.05) is 0 Å². The van der Waals surface area contributed by atoms with Crippen LogP contribution in [-0.2, 0) is 6.54 Å². The van der Waals surface area contributed by atoms with E-state index < -0.39 is 0 Å². The molecule has 0 aliphatic rings. The summed E-state index contributed by atoms with van der Waals surface area (Å²) in [6, 6.07) is 11.3. The van der Waals surface area contributed by atoms with Gasteiger partial charge in [-0.2, -0.15) is 5.10 Å². The van der Waals surface area contributed by atoms with Crippen LogP contribution >= 0.6 is 0 Å². The molecule has 7 heteroatoms. The molecule has 25 heavy (non-hydrogen) atoms. The van der Waals surface area contributed by atoms with Crippen molar-refractivity contribution in [1.29, 1.82) is 0 Å². The van der Waals surface area contributed by atoms with Crippen molar-refractivity contribution in [3.8, 4) is 11.5 Å². The van der Waals surface area contributed by atoms with E-state index in [0.29, 0.717) is 23.7 Å². The van der Waals surface area contributed by atoms with Crippen molar-refractivity contribution in [2.75, 3.05) is 6.54 Å². The second-order valence-electron chi connectivity index (χ2n) is 5.68. The van der Waals surface area contributed by atoms with E-state index in [1.807, 2.05) is 30.5 Å². The van der Waals surface area contributed by atoms with Crippen LogP contribution in [0.1, 0.15) is 16.9 Å². The molecule has 4 aromatic heterocycles. The molecule has 0 unspecified atom stereocenters. The first-order valence-corrected chi connectivity index (χ1v) is 8.08. The number of hydrogen-bond donors (Lipinski definition) is 2. The molecule has 126 valence electrons. The molecule has 2 N–H and O–H groups in total. The van der Waals surface area contributed by atoms with E-state index in [4.69, 9.17) is 4.42 Å². The third-order valence-electron chi connectivity index (χ3n) is 3.98. The van der Waals surface area contributed by atoms with Gasteiger partial charge in [0, 0.05) is 36.9 Å². The van der Waals surface area contributed by atoms with E-state index in [2.05, 4.69) is 25.1 Å². The van der Waals surface area contributed by atoms with Gasteiger partial charge in [0.1, 0.15) is 11.3 Å². The topological polar surface area (TPSA) is 88.7 Å². The number of furan rings is 1.